The van der Waals surface area contributed by atoms with E-state index < -0.39 is 11.7 Å². The van der Waals surface area contributed by atoms with E-state index in [0.717, 1.165) is 18.9 Å². The predicted octanol–water partition coefficient (Wildman–Crippen LogP) is 5.46. The van der Waals surface area contributed by atoms with E-state index in [1.54, 1.807) is 0 Å². The molecule has 0 heterocycles. The molecule has 2 rings (SSSR count). The van der Waals surface area contributed by atoms with Crippen molar-refractivity contribution < 1.29 is 13.2 Å². The molecule has 19 heavy (non-hydrogen) atoms. The van der Waals surface area contributed by atoms with Gasteiger partial charge in [-0.15, -0.1) is 0 Å². The lowest BCUT2D eigenvalue weighted by atomic mass is 10.1. The molecule has 1 atom stereocenters. The summed E-state index contributed by atoms with van der Waals surface area (Å²) in [7, 11) is 0. The smallest absolute Gasteiger partial charge is 0.382 e. The summed E-state index contributed by atoms with van der Waals surface area (Å²) in [5.41, 5.74) is -0.417. The first-order valence-electron chi connectivity index (χ1n) is 6.53. The van der Waals surface area contributed by atoms with E-state index in [2.05, 4.69) is 21.2 Å². The summed E-state index contributed by atoms with van der Waals surface area (Å²) in [6, 6.07) is 4.17. The minimum absolute atomic E-state index is 0.114. The summed E-state index contributed by atoms with van der Waals surface area (Å²) in [5.74, 6) is 0.693. The van der Waals surface area contributed by atoms with Crippen molar-refractivity contribution in [2.24, 2.45) is 5.92 Å². The molecular weight excluding hydrogens is 319 g/mol. The zero-order chi connectivity index (χ0) is 14.0. The van der Waals surface area contributed by atoms with Crippen molar-refractivity contribution in [3.05, 3.63) is 28.2 Å². The van der Waals surface area contributed by atoms with Gasteiger partial charge in [-0.05, 0) is 37.0 Å². The van der Waals surface area contributed by atoms with Gasteiger partial charge in [0, 0.05) is 16.2 Å². The Morgan fingerprint density at radius 3 is 2.58 bits per heavy atom. The van der Waals surface area contributed by atoms with Crippen LogP contribution in [0.5, 0.6) is 0 Å². The van der Waals surface area contributed by atoms with E-state index in [4.69, 9.17) is 0 Å². The highest BCUT2D eigenvalue weighted by molar-refractivity contribution is 9.10. The quantitative estimate of drug-likeness (QED) is 0.753. The number of nitrogens with one attached hydrogen (secondary N) is 1. The van der Waals surface area contributed by atoms with E-state index in [1.807, 2.05) is 6.92 Å². The van der Waals surface area contributed by atoms with Crippen molar-refractivity contribution in [3.8, 4) is 0 Å². The van der Waals surface area contributed by atoms with Crippen molar-refractivity contribution in [1.29, 1.82) is 0 Å². The molecule has 1 aliphatic rings. The second-order valence-corrected chi connectivity index (χ2v) is 6.03. The van der Waals surface area contributed by atoms with Gasteiger partial charge in [0.15, 0.2) is 0 Å². The SMILES string of the molecule is CCC(CC1CC1)Nc1cc(Br)ccc1C(F)(F)F. The Morgan fingerprint density at radius 2 is 2.05 bits per heavy atom. The van der Waals surface area contributed by atoms with Gasteiger partial charge in [0.25, 0.3) is 0 Å². The van der Waals surface area contributed by atoms with E-state index in [-0.39, 0.29) is 11.7 Å². The largest absolute Gasteiger partial charge is 0.418 e. The van der Waals surface area contributed by atoms with Crippen LogP contribution in [0.2, 0.25) is 0 Å². The van der Waals surface area contributed by atoms with Gasteiger partial charge in [-0.25, -0.2) is 0 Å². The van der Waals surface area contributed by atoms with Crippen LogP contribution >= 0.6 is 15.9 Å². The maximum atomic E-state index is 13.0. The topological polar surface area (TPSA) is 12.0 Å². The second kappa shape index (κ2) is 5.73. The fourth-order valence-corrected chi connectivity index (χ4v) is 2.55. The van der Waals surface area contributed by atoms with Crippen LogP contribution in [0.1, 0.15) is 38.2 Å². The van der Waals surface area contributed by atoms with Crippen molar-refractivity contribution in [2.75, 3.05) is 5.32 Å². The summed E-state index contributed by atoms with van der Waals surface area (Å²) in [6.07, 6.45) is -0.104. The third-order valence-electron chi connectivity index (χ3n) is 3.45. The first-order chi connectivity index (χ1) is 8.90. The van der Waals surface area contributed by atoms with E-state index in [9.17, 15) is 13.2 Å². The molecule has 1 N–H and O–H groups in total. The van der Waals surface area contributed by atoms with Gasteiger partial charge >= 0.3 is 6.18 Å². The van der Waals surface area contributed by atoms with Crippen LogP contribution in [0.25, 0.3) is 0 Å². The number of benzene rings is 1. The lowest BCUT2D eigenvalue weighted by molar-refractivity contribution is -0.137. The molecule has 5 heteroatoms. The summed E-state index contributed by atoms with van der Waals surface area (Å²) < 4.78 is 39.5. The first kappa shape index (κ1) is 14.7. The summed E-state index contributed by atoms with van der Waals surface area (Å²) in [6.45, 7) is 2.01. The molecule has 0 aromatic heterocycles. The highest BCUT2D eigenvalue weighted by Gasteiger charge is 2.34. The van der Waals surface area contributed by atoms with Gasteiger partial charge < -0.3 is 5.32 Å². The number of rotatable bonds is 5. The summed E-state index contributed by atoms with van der Waals surface area (Å²) in [4.78, 5) is 0. The fourth-order valence-electron chi connectivity index (χ4n) is 2.19. The van der Waals surface area contributed by atoms with Crippen molar-refractivity contribution >= 4 is 21.6 Å². The van der Waals surface area contributed by atoms with Crippen LogP contribution in [0, 0.1) is 5.92 Å². The van der Waals surface area contributed by atoms with Gasteiger partial charge in [0.1, 0.15) is 0 Å². The molecule has 1 unspecified atom stereocenters. The summed E-state index contributed by atoms with van der Waals surface area (Å²) >= 11 is 3.23. The maximum Gasteiger partial charge on any atom is 0.418 e. The van der Waals surface area contributed by atoms with E-state index in [1.165, 1.54) is 25.0 Å². The highest BCUT2D eigenvalue weighted by Crippen LogP contribution is 2.38. The van der Waals surface area contributed by atoms with Crippen LogP contribution in [0.4, 0.5) is 18.9 Å². The number of hydrogen-bond donors (Lipinski definition) is 1. The highest BCUT2D eigenvalue weighted by atomic mass is 79.9. The van der Waals surface area contributed by atoms with Gasteiger partial charge in [0.2, 0.25) is 0 Å². The molecule has 1 saturated carbocycles. The minimum Gasteiger partial charge on any atom is -0.382 e. The second-order valence-electron chi connectivity index (χ2n) is 5.12. The van der Waals surface area contributed by atoms with Crippen LogP contribution in [-0.4, -0.2) is 6.04 Å². The minimum atomic E-state index is -4.32. The fraction of sp³-hybridized carbons (Fsp3) is 0.571. The van der Waals surface area contributed by atoms with Gasteiger partial charge in [-0.3, -0.25) is 0 Å². The van der Waals surface area contributed by atoms with Crippen LogP contribution < -0.4 is 5.32 Å². The molecule has 1 nitrogen and oxygen atoms in total. The normalized spacial score (nSPS) is 17.3. The Kier molecular flexibility index (Phi) is 4.43. The zero-order valence-electron chi connectivity index (χ0n) is 10.7. The van der Waals surface area contributed by atoms with E-state index >= 15 is 0 Å². The summed E-state index contributed by atoms with van der Waals surface area (Å²) in [5, 5.41) is 3.07. The van der Waals surface area contributed by atoms with Gasteiger partial charge in [-0.2, -0.15) is 13.2 Å². The van der Waals surface area contributed by atoms with E-state index in [0.29, 0.717) is 10.4 Å². The van der Waals surface area contributed by atoms with Crippen LogP contribution in [-0.2, 0) is 6.18 Å². The Hall–Kier alpha value is -0.710. The number of alkyl halides is 3. The lowest BCUT2D eigenvalue weighted by Gasteiger charge is -2.21. The first-order valence-corrected chi connectivity index (χ1v) is 7.32. The number of anilines is 1. The van der Waals surface area contributed by atoms with Gasteiger partial charge in [-0.1, -0.05) is 35.7 Å². The molecule has 0 aliphatic heterocycles. The van der Waals surface area contributed by atoms with Crippen LogP contribution in [0.15, 0.2) is 22.7 Å². The third-order valence-corrected chi connectivity index (χ3v) is 3.95. The maximum absolute atomic E-state index is 13.0. The van der Waals surface area contributed by atoms with Crippen molar-refractivity contribution in [1.82, 2.24) is 0 Å². The Labute approximate surface area is 119 Å². The molecule has 1 aromatic rings. The van der Waals surface area contributed by atoms with Gasteiger partial charge in [0.05, 0.1) is 5.56 Å². The number of hydrogen-bond acceptors (Lipinski definition) is 1. The Morgan fingerprint density at radius 1 is 1.37 bits per heavy atom. The molecule has 1 fully saturated rings. The predicted molar refractivity (Wildman–Crippen MR) is 74.2 cm³/mol. The monoisotopic (exact) mass is 335 g/mol. The molecule has 106 valence electrons. The third kappa shape index (κ3) is 4.13. The molecular formula is C14H17BrF3N. The molecule has 0 spiro atoms. The molecule has 0 bridgehead atoms. The van der Waals surface area contributed by atoms with Crippen molar-refractivity contribution in [2.45, 2.75) is 44.8 Å². The molecule has 0 amide bonds. The number of halogens is 4. The van der Waals surface area contributed by atoms with Crippen LogP contribution in [0.3, 0.4) is 0 Å². The average Bonchev–Trinajstić information content (AvgIpc) is 3.10. The molecule has 1 aromatic carbocycles. The lowest BCUT2D eigenvalue weighted by Crippen LogP contribution is -2.21. The molecule has 0 radical (unpaired) electrons. The standard InChI is InChI=1S/C14H17BrF3N/c1-2-11(7-9-3-4-9)19-13-8-10(15)5-6-12(13)14(16,17)18/h5-6,8-9,11,19H,2-4,7H2,1H3. The molecule has 1 aliphatic carbocycles. The zero-order valence-corrected chi connectivity index (χ0v) is 12.3. The Balaban J connectivity index is 2.18. The molecule has 0 saturated heterocycles. The van der Waals surface area contributed by atoms with Crippen molar-refractivity contribution in [3.63, 3.8) is 0 Å². The Bertz CT molecular complexity index is 441. The average molecular weight is 336 g/mol.